The number of hydrogen-bond acceptors (Lipinski definition) is 7. The fourth-order valence-corrected chi connectivity index (χ4v) is 3.21. The molecule has 1 aromatic carbocycles. The summed E-state index contributed by atoms with van der Waals surface area (Å²) in [7, 11) is -1.18. The molecule has 8 nitrogen and oxygen atoms in total. The normalized spacial score (nSPS) is 15.7. The van der Waals surface area contributed by atoms with Gasteiger partial charge in [-0.2, -0.15) is 4.98 Å². The molecule has 0 fully saturated rings. The minimum absolute atomic E-state index is 0.205. The van der Waals surface area contributed by atoms with Crippen molar-refractivity contribution in [1.29, 1.82) is 0 Å². The maximum Gasteiger partial charge on any atom is 0.492 e. The summed E-state index contributed by atoms with van der Waals surface area (Å²) in [6, 6.07) is 5.10. The highest BCUT2D eigenvalue weighted by Crippen LogP contribution is 2.32. The van der Waals surface area contributed by atoms with E-state index in [0.29, 0.717) is 35.0 Å². The maximum absolute atomic E-state index is 11.0. The summed E-state index contributed by atoms with van der Waals surface area (Å²) in [5.74, 6) is 0.603. The largest absolute Gasteiger partial charge is 0.492 e. The molecule has 4 N–H and O–H groups in total. The van der Waals surface area contributed by atoms with Gasteiger partial charge in [-0.05, 0) is 55.0 Å². The first-order valence-electron chi connectivity index (χ1n) is 8.87. The highest BCUT2D eigenvalue weighted by atomic mass is 16.5. The molecule has 2 heterocycles. The van der Waals surface area contributed by atoms with E-state index in [-0.39, 0.29) is 6.42 Å². The van der Waals surface area contributed by atoms with Gasteiger partial charge < -0.3 is 25.3 Å². The second kappa shape index (κ2) is 8.47. The number of carbonyl (C=O) groups is 1. The van der Waals surface area contributed by atoms with Gasteiger partial charge in [-0.1, -0.05) is 0 Å². The summed E-state index contributed by atoms with van der Waals surface area (Å²) >= 11 is 0. The van der Waals surface area contributed by atoms with Crippen molar-refractivity contribution < 1.29 is 24.3 Å². The van der Waals surface area contributed by atoms with Gasteiger partial charge in [-0.3, -0.25) is 4.79 Å². The lowest BCUT2D eigenvalue weighted by molar-refractivity contribution is -0.138. The predicted molar refractivity (Wildman–Crippen MR) is 99.0 cm³/mol. The molecule has 27 heavy (non-hydrogen) atoms. The Balaban J connectivity index is 1.79. The minimum Gasteiger partial charge on any atom is -0.481 e. The van der Waals surface area contributed by atoms with Gasteiger partial charge in [0.1, 0.15) is 11.6 Å². The van der Waals surface area contributed by atoms with Crippen molar-refractivity contribution in [3.63, 3.8) is 0 Å². The molecule has 0 spiro atoms. The van der Waals surface area contributed by atoms with Gasteiger partial charge in [0.15, 0.2) is 0 Å². The molecule has 0 aliphatic carbocycles. The number of carboxylic acids is 1. The highest BCUT2D eigenvalue weighted by Gasteiger charge is 2.37. The van der Waals surface area contributed by atoms with Crippen molar-refractivity contribution in [3.05, 3.63) is 41.3 Å². The van der Waals surface area contributed by atoms with Crippen molar-refractivity contribution in [2.45, 2.75) is 38.7 Å². The number of hydrogen-bond donors (Lipinski definition) is 3. The average molecular weight is 371 g/mol. The second-order valence-electron chi connectivity index (χ2n) is 6.48. The summed E-state index contributed by atoms with van der Waals surface area (Å²) in [6.07, 6.45) is 3.31. The number of fused-ring (bicyclic) bond motifs is 1. The lowest BCUT2D eigenvalue weighted by Crippen LogP contribution is -2.28. The van der Waals surface area contributed by atoms with Gasteiger partial charge in [0.25, 0.3) is 0 Å². The number of aliphatic carboxylic acids is 1. The first-order chi connectivity index (χ1) is 13.0. The molecule has 9 heteroatoms. The van der Waals surface area contributed by atoms with Crippen LogP contribution in [0.1, 0.15) is 42.3 Å². The molecule has 1 aliphatic rings. The quantitative estimate of drug-likeness (QED) is 0.465. The van der Waals surface area contributed by atoms with E-state index in [1.54, 1.807) is 24.4 Å². The van der Waals surface area contributed by atoms with Gasteiger partial charge in [0.05, 0.1) is 12.5 Å². The number of aromatic nitrogens is 2. The SMILES string of the molecule is Cc1cc(Oc2ccnc(CCCCN)n2)cc2c1C(CC(=O)O)OB2O. The van der Waals surface area contributed by atoms with Gasteiger partial charge in [-0.25, -0.2) is 4.98 Å². The van der Waals surface area contributed by atoms with E-state index in [2.05, 4.69) is 9.97 Å². The number of nitrogens with two attached hydrogens (primary N) is 1. The average Bonchev–Trinajstić information content (AvgIpc) is 2.91. The number of rotatable bonds is 8. The molecule has 1 aliphatic heterocycles. The minimum atomic E-state index is -1.18. The van der Waals surface area contributed by atoms with Crippen molar-refractivity contribution in [2.75, 3.05) is 6.54 Å². The molecule has 2 aromatic rings. The van der Waals surface area contributed by atoms with Crippen LogP contribution in [0.25, 0.3) is 0 Å². The van der Waals surface area contributed by atoms with Crippen LogP contribution in [0.4, 0.5) is 0 Å². The Labute approximate surface area is 157 Å². The van der Waals surface area contributed by atoms with Gasteiger partial charge in [0.2, 0.25) is 5.88 Å². The number of benzene rings is 1. The Kier molecular flexibility index (Phi) is 6.05. The van der Waals surface area contributed by atoms with Crippen LogP contribution in [-0.2, 0) is 15.9 Å². The van der Waals surface area contributed by atoms with E-state index < -0.39 is 19.2 Å². The molecule has 0 amide bonds. The molecule has 0 saturated carbocycles. The smallest absolute Gasteiger partial charge is 0.481 e. The number of unbranched alkanes of at least 4 members (excludes halogenated alkanes) is 1. The third-order valence-electron chi connectivity index (χ3n) is 4.39. The van der Waals surface area contributed by atoms with Crippen molar-refractivity contribution >= 4 is 18.6 Å². The fraction of sp³-hybridized carbons (Fsp3) is 0.389. The Morgan fingerprint density at radius 2 is 2.22 bits per heavy atom. The van der Waals surface area contributed by atoms with Crippen LogP contribution in [-0.4, -0.2) is 39.7 Å². The third-order valence-corrected chi connectivity index (χ3v) is 4.39. The zero-order chi connectivity index (χ0) is 19.4. The molecular weight excluding hydrogens is 349 g/mol. The Hall–Kier alpha value is -2.49. The van der Waals surface area contributed by atoms with E-state index in [1.807, 2.05) is 6.92 Å². The van der Waals surface area contributed by atoms with Crippen LogP contribution in [0.3, 0.4) is 0 Å². The van der Waals surface area contributed by atoms with E-state index in [1.165, 1.54) is 0 Å². The van der Waals surface area contributed by atoms with E-state index in [4.69, 9.17) is 20.2 Å². The molecule has 1 aromatic heterocycles. The molecule has 3 rings (SSSR count). The summed E-state index contributed by atoms with van der Waals surface area (Å²) in [5.41, 5.74) is 7.51. The zero-order valence-corrected chi connectivity index (χ0v) is 15.1. The first-order valence-corrected chi connectivity index (χ1v) is 8.87. The van der Waals surface area contributed by atoms with E-state index >= 15 is 0 Å². The third kappa shape index (κ3) is 4.62. The Morgan fingerprint density at radius 3 is 2.96 bits per heavy atom. The standard InChI is InChI=1S/C18H22BN3O5/c1-11-8-12(9-13-18(11)14(10-17(23)24)27-19(13)25)26-16-5-7-21-15(22-16)4-2-3-6-20/h5,7-9,14,25H,2-4,6,10,20H2,1H3,(H,23,24). The van der Waals surface area contributed by atoms with Gasteiger partial charge >= 0.3 is 13.1 Å². The first kappa shape index (κ1) is 19.3. The maximum atomic E-state index is 11.0. The Bertz CT molecular complexity index is 833. The summed E-state index contributed by atoms with van der Waals surface area (Å²) < 4.78 is 11.2. The van der Waals surface area contributed by atoms with Crippen molar-refractivity contribution in [3.8, 4) is 11.6 Å². The molecule has 1 atom stereocenters. The monoisotopic (exact) mass is 371 g/mol. The number of nitrogens with zero attached hydrogens (tertiary/aromatic N) is 2. The summed E-state index contributed by atoms with van der Waals surface area (Å²) in [6.45, 7) is 2.47. The van der Waals surface area contributed by atoms with Crippen LogP contribution in [0.15, 0.2) is 24.4 Å². The summed E-state index contributed by atoms with van der Waals surface area (Å²) in [4.78, 5) is 19.6. The topological polar surface area (TPSA) is 128 Å². The number of ether oxygens (including phenoxy) is 1. The van der Waals surface area contributed by atoms with Crippen LogP contribution in [0, 0.1) is 6.92 Å². The van der Waals surface area contributed by atoms with Gasteiger partial charge in [0, 0.05) is 18.7 Å². The highest BCUT2D eigenvalue weighted by molar-refractivity contribution is 6.62. The van der Waals surface area contributed by atoms with Crippen LogP contribution in [0.2, 0.25) is 0 Å². The van der Waals surface area contributed by atoms with Crippen molar-refractivity contribution in [2.24, 2.45) is 5.73 Å². The summed E-state index contributed by atoms with van der Waals surface area (Å²) in [5, 5.41) is 19.2. The molecule has 1 unspecified atom stereocenters. The van der Waals surface area contributed by atoms with Crippen LogP contribution < -0.4 is 15.9 Å². The van der Waals surface area contributed by atoms with Gasteiger partial charge in [-0.15, -0.1) is 0 Å². The molecule has 0 radical (unpaired) electrons. The molecular formula is C18H22BN3O5. The second-order valence-corrected chi connectivity index (χ2v) is 6.48. The lowest BCUT2D eigenvalue weighted by Gasteiger charge is -2.13. The molecule has 0 bridgehead atoms. The van der Waals surface area contributed by atoms with E-state index in [9.17, 15) is 9.82 Å². The molecule has 0 saturated heterocycles. The van der Waals surface area contributed by atoms with Crippen molar-refractivity contribution in [1.82, 2.24) is 9.97 Å². The predicted octanol–water partition coefficient (Wildman–Crippen LogP) is 1.09. The van der Waals surface area contributed by atoms with E-state index in [0.717, 1.165) is 24.8 Å². The van der Waals surface area contributed by atoms with Crippen LogP contribution >= 0.6 is 0 Å². The number of carboxylic acid groups (broad SMARTS) is 1. The zero-order valence-electron chi connectivity index (χ0n) is 15.1. The Morgan fingerprint density at radius 1 is 1.41 bits per heavy atom. The fourth-order valence-electron chi connectivity index (χ4n) is 3.21. The van der Waals surface area contributed by atoms with Crippen LogP contribution in [0.5, 0.6) is 11.6 Å². The molecule has 142 valence electrons. The number of aryl methyl sites for hydroxylation is 2. The lowest BCUT2D eigenvalue weighted by atomic mass is 9.77.